The highest BCUT2D eigenvalue weighted by atomic mass is 16.6. The van der Waals surface area contributed by atoms with E-state index in [1.807, 2.05) is 24.3 Å². The van der Waals surface area contributed by atoms with Gasteiger partial charge in [0.1, 0.15) is 0 Å². The predicted molar refractivity (Wildman–Crippen MR) is 100 cm³/mol. The number of carbonyl (C=O) groups excluding carboxylic acids is 2. The molecule has 0 saturated carbocycles. The molecule has 136 valence electrons. The molecule has 0 bridgehead atoms. The summed E-state index contributed by atoms with van der Waals surface area (Å²) in [6.07, 6.45) is 3.17. The van der Waals surface area contributed by atoms with Gasteiger partial charge in [0, 0.05) is 40.9 Å². The largest absolute Gasteiger partial charge is 0.451 e. The number of Topliss-reactive ketones (excluding diaryl/α,β-unsaturated/α-hetero) is 1. The maximum atomic E-state index is 12.6. The van der Waals surface area contributed by atoms with Gasteiger partial charge in [-0.1, -0.05) is 30.3 Å². The van der Waals surface area contributed by atoms with E-state index in [1.165, 1.54) is 31.2 Å². The van der Waals surface area contributed by atoms with Crippen molar-refractivity contribution >= 4 is 34.4 Å². The summed E-state index contributed by atoms with van der Waals surface area (Å²) >= 11 is 0. The SMILES string of the molecule is C[C@H](OC(=O)/C=C/c1cccc([N+](=O)[O-])c1)C(=O)c1c[nH]c2ccccc12. The highest BCUT2D eigenvalue weighted by Gasteiger charge is 2.21. The molecule has 0 aliphatic carbocycles. The number of fused-ring (bicyclic) bond motifs is 1. The van der Waals surface area contributed by atoms with Crippen LogP contribution in [0.1, 0.15) is 22.8 Å². The topological polar surface area (TPSA) is 102 Å². The Kier molecular flexibility index (Phi) is 5.12. The lowest BCUT2D eigenvalue weighted by atomic mass is 10.1. The van der Waals surface area contributed by atoms with Gasteiger partial charge in [-0.05, 0) is 24.6 Å². The third-order valence-electron chi connectivity index (χ3n) is 4.01. The van der Waals surface area contributed by atoms with E-state index in [0.29, 0.717) is 11.1 Å². The number of non-ortho nitro benzene ring substituents is 1. The summed E-state index contributed by atoms with van der Waals surface area (Å²) in [5, 5.41) is 11.5. The second-order valence-electron chi connectivity index (χ2n) is 5.88. The molecule has 0 unspecified atom stereocenters. The lowest BCUT2D eigenvalue weighted by Crippen LogP contribution is -2.23. The van der Waals surface area contributed by atoms with E-state index in [2.05, 4.69) is 4.98 Å². The van der Waals surface area contributed by atoms with E-state index in [-0.39, 0.29) is 11.5 Å². The molecule has 1 aromatic heterocycles. The van der Waals surface area contributed by atoms with Gasteiger partial charge in [0.05, 0.1) is 4.92 Å². The van der Waals surface area contributed by atoms with Crippen LogP contribution in [-0.4, -0.2) is 27.8 Å². The second-order valence-corrected chi connectivity index (χ2v) is 5.88. The molecule has 0 amide bonds. The molecule has 0 radical (unpaired) electrons. The fourth-order valence-electron chi connectivity index (χ4n) is 2.67. The normalized spacial score (nSPS) is 12.2. The molecule has 0 spiro atoms. The monoisotopic (exact) mass is 364 g/mol. The molecule has 7 nitrogen and oxygen atoms in total. The maximum absolute atomic E-state index is 12.6. The Morgan fingerprint density at radius 3 is 2.74 bits per heavy atom. The van der Waals surface area contributed by atoms with Crippen LogP contribution < -0.4 is 0 Å². The number of nitrogens with one attached hydrogen (secondary N) is 1. The average Bonchev–Trinajstić information content (AvgIpc) is 3.10. The smallest absolute Gasteiger partial charge is 0.331 e. The number of nitro groups is 1. The quantitative estimate of drug-likeness (QED) is 0.235. The van der Waals surface area contributed by atoms with Gasteiger partial charge in [-0.2, -0.15) is 0 Å². The Bertz CT molecular complexity index is 1050. The Balaban J connectivity index is 1.67. The zero-order valence-corrected chi connectivity index (χ0v) is 14.4. The first kappa shape index (κ1) is 18.1. The van der Waals surface area contributed by atoms with Crippen LogP contribution in [0.15, 0.2) is 60.8 Å². The summed E-state index contributed by atoms with van der Waals surface area (Å²) in [6, 6.07) is 13.2. The molecular formula is C20H16N2O5. The van der Waals surface area contributed by atoms with Crippen molar-refractivity contribution in [3.8, 4) is 0 Å². The number of ether oxygens (including phenoxy) is 1. The van der Waals surface area contributed by atoms with Gasteiger partial charge in [-0.3, -0.25) is 14.9 Å². The van der Waals surface area contributed by atoms with Gasteiger partial charge in [-0.25, -0.2) is 4.79 Å². The number of H-pyrrole nitrogens is 1. The molecule has 1 atom stereocenters. The number of para-hydroxylation sites is 1. The van der Waals surface area contributed by atoms with Crippen molar-refractivity contribution in [2.75, 3.05) is 0 Å². The lowest BCUT2D eigenvalue weighted by molar-refractivity contribution is -0.384. The highest BCUT2D eigenvalue weighted by molar-refractivity contribution is 6.10. The highest BCUT2D eigenvalue weighted by Crippen LogP contribution is 2.20. The van der Waals surface area contributed by atoms with Crippen LogP contribution in [0.5, 0.6) is 0 Å². The van der Waals surface area contributed by atoms with Crippen LogP contribution in [0.4, 0.5) is 5.69 Å². The Labute approximate surface area is 154 Å². The van der Waals surface area contributed by atoms with Crippen molar-refractivity contribution < 1.29 is 19.2 Å². The van der Waals surface area contributed by atoms with Gasteiger partial charge < -0.3 is 9.72 Å². The van der Waals surface area contributed by atoms with E-state index in [9.17, 15) is 19.7 Å². The number of hydrogen-bond donors (Lipinski definition) is 1. The maximum Gasteiger partial charge on any atom is 0.331 e. The summed E-state index contributed by atoms with van der Waals surface area (Å²) in [7, 11) is 0. The lowest BCUT2D eigenvalue weighted by Gasteiger charge is -2.10. The van der Waals surface area contributed by atoms with Gasteiger partial charge in [0.15, 0.2) is 6.10 Å². The number of nitrogens with zero attached hydrogens (tertiary/aromatic N) is 1. The molecule has 7 heteroatoms. The van der Waals surface area contributed by atoms with Crippen LogP contribution in [-0.2, 0) is 9.53 Å². The second kappa shape index (κ2) is 7.65. The standard InChI is InChI=1S/C20H16N2O5/c1-13(20(24)17-12-21-18-8-3-2-7-16(17)18)27-19(23)10-9-14-5-4-6-15(11-14)22(25)26/h2-13,21H,1H3/b10-9+/t13-/m0/s1. The van der Waals surface area contributed by atoms with Gasteiger partial charge in [0.25, 0.3) is 5.69 Å². The number of carbonyl (C=O) groups is 2. The molecule has 0 fully saturated rings. The molecule has 0 aliphatic heterocycles. The number of aromatic nitrogens is 1. The van der Waals surface area contributed by atoms with Crippen molar-refractivity contribution in [1.29, 1.82) is 0 Å². The number of benzene rings is 2. The van der Waals surface area contributed by atoms with Crippen molar-refractivity contribution in [2.45, 2.75) is 13.0 Å². The Hall–Kier alpha value is -3.74. The van der Waals surface area contributed by atoms with E-state index in [0.717, 1.165) is 17.0 Å². The number of nitro benzene ring substituents is 1. The molecule has 3 aromatic rings. The van der Waals surface area contributed by atoms with Gasteiger partial charge in [-0.15, -0.1) is 0 Å². The van der Waals surface area contributed by atoms with Gasteiger partial charge >= 0.3 is 5.97 Å². The number of hydrogen-bond acceptors (Lipinski definition) is 5. The van der Waals surface area contributed by atoms with E-state index in [1.54, 1.807) is 12.3 Å². The number of aromatic amines is 1. The van der Waals surface area contributed by atoms with Crippen molar-refractivity contribution in [3.05, 3.63) is 82.0 Å². The minimum atomic E-state index is -0.966. The first-order valence-electron chi connectivity index (χ1n) is 8.19. The molecule has 0 saturated heterocycles. The fourth-order valence-corrected chi connectivity index (χ4v) is 2.67. The molecule has 1 N–H and O–H groups in total. The van der Waals surface area contributed by atoms with Crippen LogP contribution in [0, 0.1) is 10.1 Å². The zero-order valence-electron chi connectivity index (χ0n) is 14.4. The van der Waals surface area contributed by atoms with E-state index < -0.39 is 17.0 Å². The summed E-state index contributed by atoms with van der Waals surface area (Å²) in [6.45, 7) is 1.50. The van der Waals surface area contributed by atoms with E-state index in [4.69, 9.17) is 4.74 Å². The third-order valence-corrected chi connectivity index (χ3v) is 4.01. The van der Waals surface area contributed by atoms with Gasteiger partial charge in [0.2, 0.25) is 5.78 Å². The molecule has 27 heavy (non-hydrogen) atoms. The first-order chi connectivity index (χ1) is 13.0. The van der Waals surface area contributed by atoms with Crippen LogP contribution in [0.25, 0.3) is 17.0 Å². The Morgan fingerprint density at radius 1 is 1.19 bits per heavy atom. The summed E-state index contributed by atoms with van der Waals surface area (Å²) in [5.74, 6) is -1.02. The molecule has 2 aromatic carbocycles. The van der Waals surface area contributed by atoms with Crippen LogP contribution in [0.2, 0.25) is 0 Å². The molecule has 0 aliphatic rings. The number of esters is 1. The van der Waals surface area contributed by atoms with Crippen LogP contribution in [0.3, 0.4) is 0 Å². The van der Waals surface area contributed by atoms with Crippen LogP contribution >= 0.6 is 0 Å². The first-order valence-corrected chi connectivity index (χ1v) is 8.19. The summed E-state index contributed by atoms with van der Waals surface area (Å²) in [4.78, 5) is 37.8. The van der Waals surface area contributed by atoms with E-state index >= 15 is 0 Å². The average molecular weight is 364 g/mol. The molecular weight excluding hydrogens is 348 g/mol. The number of ketones is 1. The Morgan fingerprint density at radius 2 is 1.96 bits per heavy atom. The number of rotatable bonds is 6. The molecule has 3 rings (SSSR count). The third kappa shape index (κ3) is 4.09. The van der Waals surface area contributed by atoms with Crippen molar-refractivity contribution in [3.63, 3.8) is 0 Å². The van der Waals surface area contributed by atoms with Crippen molar-refractivity contribution in [2.24, 2.45) is 0 Å². The fraction of sp³-hybridized carbons (Fsp3) is 0.100. The molecule has 1 heterocycles. The van der Waals surface area contributed by atoms with Crippen molar-refractivity contribution in [1.82, 2.24) is 4.98 Å². The summed E-state index contributed by atoms with van der Waals surface area (Å²) < 4.78 is 5.16. The zero-order chi connectivity index (χ0) is 19.4. The minimum Gasteiger partial charge on any atom is -0.451 e. The summed E-state index contributed by atoms with van der Waals surface area (Å²) in [5.41, 5.74) is 1.68. The predicted octanol–water partition coefficient (Wildman–Crippen LogP) is 3.90. The minimum absolute atomic E-state index is 0.0756.